The molecule has 15 heavy (non-hydrogen) atoms. The molecule has 2 rings (SSSR count). The zero-order valence-electron chi connectivity index (χ0n) is 8.20. The van der Waals surface area contributed by atoms with Crippen LogP contribution in [0.2, 0.25) is 0 Å². The molecule has 0 spiro atoms. The minimum absolute atomic E-state index is 0.0308. The molecule has 4 N–H and O–H groups in total. The van der Waals surface area contributed by atoms with Crippen LogP contribution in [0.5, 0.6) is 0 Å². The summed E-state index contributed by atoms with van der Waals surface area (Å²) in [5, 5.41) is 3.55. The summed E-state index contributed by atoms with van der Waals surface area (Å²) in [6, 6.07) is 6.72. The first kappa shape index (κ1) is 9.92. The third kappa shape index (κ3) is 2.07. The first-order chi connectivity index (χ1) is 7.31. The summed E-state index contributed by atoms with van der Waals surface area (Å²) in [7, 11) is 0. The maximum Gasteiger partial charge on any atom is 0.136 e. The van der Waals surface area contributed by atoms with E-state index in [-0.39, 0.29) is 11.9 Å². The highest BCUT2D eigenvalue weighted by Crippen LogP contribution is 2.22. The number of hydrazine groups is 1. The van der Waals surface area contributed by atoms with Crippen molar-refractivity contribution < 1.29 is 4.39 Å². The SMILES string of the molecule is NN=C1CCC(c2ccccc2F)NN1. The van der Waals surface area contributed by atoms with Gasteiger partial charge in [-0.25, -0.2) is 9.82 Å². The van der Waals surface area contributed by atoms with Crippen molar-refractivity contribution in [3.05, 3.63) is 35.6 Å². The van der Waals surface area contributed by atoms with Gasteiger partial charge in [-0.15, -0.1) is 0 Å². The fraction of sp³-hybridized carbons (Fsp3) is 0.300. The van der Waals surface area contributed by atoms with Crippen molar-refractivity contribution in [1.82, 2.24) is 10.9 Å². The van der Waals surface area contributed by atoms with E-state index in [9.17, 15) is 4.39 Å². The quantitative estimate of drug-likeness (QED) is 0.477. The Morgan fingerprint density at radius 2 is 2.20 bits per heavy atom. The first-order valence-corrected chi connectivity index (χ1v) is 4.84. The number of nitrogens with one attached hydrogen (secondary N) is 2. The number of nitrogens with zero attached hydrogens (tertiary/aromatic N) is 1. The van der Waals surface area contributed by atoms with E-state index >= 15 is 0 Å². The standard InChI is InChI=1S/C10H13FN4/c11-8-4-2-1-3-7(8)9-5-6-10(13-12)15-14-9/h1-4,9,14H,5-6,12H2,(H,13,15). The highest BCUT2D eigenvalue weighted by atomic mass is 19.1. The van der Waals surface area contributed by atoms with Crippen LogP contribution in [-0.4, -0.2) is 5.84 Å². The average molecular weight is 208 g/mol. The van der Waals surface area contributed by atoms with Gasteiger partial charge in [0.05, 0.1) is 6.04 Å². The molecule has 1 unspecified atom stereocenters. The Morgan fingerprint density at radius 1 is 1.40 bits per heavy atom. The van der Waals surface area contributed by atoms with Crippen LogP contribution in [0.3, 0.4) is 0 Å². The molecule has 1 aromatic rings. The highest BCUT2D eigenvalue weighted by Gasteiger charge is 2.20. The zero-order chi connectivity index (χ0) is 10.7. The van der Waals surface area contributed by atoms with E-state index in [2.05, 4.69) is 16.0 Å². The van der Waals surface area contributed by atoms with Gasteiger partial charge in [-0.05, 0) is 12.5 Å². The predicted octanol–water partition coefficient (Wildman–Crippen LogP) is 1.03. The van der Waals surface area contributed by atoms with Gasteiger partial charge < -0.3 is 11.3 Å². The van der Waals surface area contributed by atoms with Crippen LogP contribution >= 0.6 is 0 Å². The lowest BCUT2D eigenvalue weighted by atomic mass is 10.0. The summed E-state index contributed by atoms with van der Waals surface area (Å²) in [6.45, 7) is 0. The van der Waals surface area contributed by atoms with E-state index in [0.717, 1.165) is 12.8 Å². The predicted molar refractivity (Wildman–Crippen MR) is 56.3 cm³/mol. The molecule has 4 nitrogen and oxygen atoms in total. The molecule has 0 bridgehead atoms. The second-order valence-electron chi connectivity index (χ2n) is 3.46. The Kier molecular flexibility index (Phi) is 2.82. The number of hydrazone groups is 1. The minimum atomic E-state index is -0.190. The molecule has 1 saturated heterocycles. The number of hydrogen-bond acceptors (Lipinski definition) is 3. The Labute approximate surface area is 87.3 Å². The number of halogens is 1. The second kappa shape index (κ2) is 4.27. The van der Waals surface area contributed by atoms with Gasteiger partial charge in [0.1, 0.15) is 11.7 Å². The largest absolute Gasteiger partial charge is 0.322 e. The van der Waals surface area contributed by atoms with E-state index in [1.54, 1.807) is 12.1 Å². The topological polar surface area (TPSA) is 62.4 Å². The molecule has 1 heterocycles. The fourth-order valence-corrected chi connectivity index (χ4v) is 1.67. The van der Waals surface area contributed by atoms with Crippen molar-refractivity contribution >= 4 is 5.84 Å². The lowest BCUT2D eigenvalue weighted by Crippen LogP contribution is -2.45. The minimum Gasteiger partial charge on any atom is -0.322 e. The van der Waals surface area contributed by atoms with Crippen molar-refractivity contribution in [3.63, 3.8) is 0 Å². The van der Waals surface area contributed by atoms with Gasteiger partial charge in [0.15, 0.2) is 0 Å². The monoisotopic (exact) mass is 208 g/mol. The summed E-state index contributed by atoms with van der Waals surface area (Å²) in [5.41, 5.74) is 6.50. The smallest absolute Gasteiger partial charge is 0.136 e. The Morgan fingerprint density at radius 3 is 2.80 bits per heavy atom. The molecule has 1 atom stereocenters. The molecule has 0 amide bonds. The molecule has 1 fully saturated rings. The van der Waals surface area contributed by atoms with Crippen LogP contribution in [-0.2, 0) is 0 Å². The number of nitrogens with two attached hydrogens (primary N) is 1. The van der Waals surface area contributed by atoms with Gasteiger partial charge in [0.2, 0.25) is 0 Å². The van der Waals surface area contributed by atoms with Gasteiger partial charge >= 0.3 is 0 Å². The molecule has 1 aromatic carbocycles. The Bertz CT molecular complexity index is 367. The van der Waals surface area contributed by atoms with Crippen LogP contribution in [0.25, 0.3) is 0 Å². The summed E-state index contributed by atoms with van der Waals surface area (Å²) in [5.74, 6) is 5.64. The Hall–Kier alpha value is -1.62. The van der Waals surface area contributed by atoms with E-state index in [1.165, 1.54) is 6.07 Å². The van der Waals surface area contributed by atoms with E-state index in [4.69, 9.17) is 5.84 Å². The van der Waals surface area contributed by atoms with Crippen LogP contribution in [0, 0.1) is 5.82 Å². The highest BCUT2D eigenvalue weighted by molar-refractivity contribution is 5.82. The summed E-state index contributed by atoms with van der Waals surface area (Å²) in [6.07, 6.45) is 1.51. The number of rotatable bonds is 1. The summed E-state index contributed by atoms with van der Waals surface area (Å²) >= 11 is 0. The summed E-state index contributed by atoms with van der Waals surface area (Å²) in [4.78, 5) is 0. The van der Waals surface area contributed by atoms with Crippen LogP contribution in [0.4, 0.5) is 4.39 Å². The lowest BCUT2D eigenvalue weighted by Gasteiger charge is -2.26. The molecular weight excluding hydrogens is 195 g/mol. The van der Waals surface area contributed by atoms with Crippen LogP contribution in [0.15, 0.2) is 29.4 Å². The van der Waals surface area contributed by atoms with Crippen molar-refractivity contribution in [3.8, 4) is 0 Å². The molecule has 0 saturated carbocycles. The third-order valence-electron chi connectivity index (χ3n) is 2.50. The molecule has 1 aliphatic rings. The van der Waals surface area contributed by atoms with Crippen molar-refractivity contribution in [2.45, 2.75) is 18.9 Å². The number of amidine groups is 1. The van der Waals surface area contributed by atoms with Gasteiger partial charge in [-0.2, -0.15) is 5.10 Å². The van der Waals surface area contributed by atoms with Gasteiger partial charge in [-0.3, -0.25) is 0 Å². The molecule has 1 aliphatic heterocycles. The maximum absolute atomic E-state index is 13.4. The Balaban J connectivity index is 2.11. The lowest BCUT2D eigenvalue weighted by molar-refractivity contribution is 0.428. The van der Waals surface area contributed by atoms with E-state index < -0.39 is 0 Å². The van der Waals surface area contributed by atoms with Crippen molar-refractivity contribution in [2.75, 3.05) is 0 Å². The molecule has 80 valence electrons. The van der Waals surface area contributed by atoms with Crippen molar-refractivity contribution in [2.24, 2.45) is 10.9 Å². The first-order valence-electron chi connectivity index (χ1n) is 4.84. The van der Waals surface area contributed by atoms with E-state index in [1.807, 2.05) is 6.07 Å². The van der Waals surface area contributed by atoms with Gasteiger partial charge in [0.25, 0.3) is 0 Å². The fourth-order valence-electron chi connectivity index (χ4n) is 1.67. The average Bonchev–Trinajstić information content (AvgIpc) is 2.30. The molecule has 0 radical (unpaired) electrons. The zero-order valence-corrected chi connectivity index (χ0v) is 8.20. The van der Waals surface area contributed by atoms with Crippen molar-refractivity contribution in [1.29, 1.82) is 0 Å². The molecule has 0 aromatic heterocycles. The normalized spacial score (nSPS) is 23.8. The third-order valence-corrected chi connectivity index (χ3v) is 2.50. The molecular formula is C10H13FN4. The van der Waals surface area contributed by atoms with Gasteiger partial charge in [0, 0.05) is 12.0 Å². The van der Waals surface area contributed by atoms with Crippen LogP contribution in [0.1, 0.15) is 24.4 Å². The van der Waals surface area contributed by atoms with Gasteiger partial charge in [-0.1, -0.05) is 18.2 Å². The number of hydrogen-bond donors (Lipinski definition) is 3. The second-order valence-corrected chi connectivity index (χ2v) is 3.46. The van der Waals surface area contributed by atoms with E-state index in [0.29, 0.717) is 11.4 Å². The number of benzene rings is 1. The maximum atomic E-state index is 13.4. The summed E-state index contributed by atoms with van der Waals surface area (Å²) < 4.78 is 13.4. The molecule has 5 heteroatoms. The molecule has 0 aliphatic carbocycles. The van der Waals surface area contributed by atoms with Crippen LogP contribution < -0.4 is 16.7 Å².